The molecule has 4 aromatic heterocycles. The van der Waals surface area contributed by atoms with Crippen LogP contribution in [0.3, 0.4) is 0 Å². The summed E-state index contributed by atoms with van der Waals surface area (Å²) in [6, 6.07) is 7.34. The molecule has 0 fully saturated rings. The van der Waals surface area contributed by atoms with E-state index in [-0.39, 0.29) is 29.3 Å². The van der Waals surface area contributed by atoms with Gasteiger partial charge in [-0.15, -0.1) is 0 Å². The summed E-state index contributed by atoms with van der Waals surface area (Å²) in [4.78, 5) is 24.2. The molecule has 4 heterocycles. The van der Waals surface area contributed by atoms with E-state index in [1.807, 2.05) is 6.92 Å². The SMILES string of the molecule is CCOCn1cnc2cc(C(F)(F)F)c(Nc3ccc(-c4ccn(C)c(=O)c4)cn3)nc21. The van der Waals surface area contributed by atoms with Crippen LogP contribution in [0.5, 0.6) is 0 Å². The summed E-state index contributed by atoms with van der Waals surface area (Å²) >= 11 is 0. The van der Waals surface area contributed by atoms with E-state index in [2.05, 4.69) is 20.3 Å². The standard InChI is InChI=1S/C21H19F3N6O2/c1-3-32-12-30-11-26-16-9-15(21(22,23)24)19(28-20(16)30)27-17-5-4-14(10-25-17)13-6-7-29(2)18(31)8-13/h4-11H,3,12H2,1-2H3,(H,25,27,28). The van der Waals surface area contributed by atoms with Gasteiger partial charge in [-0.25, -0.2) is 15.0 Å². The van der Waals surface area contributed by atoms with Gasteiger partial charge >= 0.3 is 6.18 Å². The molecule has 0 unspecified atom stereocenters. The molecular formula is C21H19F3N6O2. The Morgan fingerprint density at radius 2 is 1.94 bits per heavy atom. The van der Waals surface area contributed by atoms with E-state index in [4.69, 9.17) is 4.74 Å². The molecule has 0 atom stereocenters. The van der Waals surface area contributed by atoms with Crippen LogP contribution < -0.4 is 10.9 Å². The van der Waals surface area contributed by atoms with E-state index in [0.29, 0.717) is 17.7 Å². The molecule has 1 N–H and O–H groups in total. The Morgan fingerprint density at radius 3 is 2.59 bits per heavy atom. The maximum absolute atomic E-state index is 13.7. The number of aryl methyl sites for hydroxylation is 1. The van der Waals surface area contributed by atoms with Gasteiger partial charge in [0.05, 0.1) is 6.33 Å². The Bertz CT molecular complexity index is 1310. The average Bonchev–Trinajstić information content (AvgIpc) is 3.15. The number of hydrogen-bond donors (Lipinski definition) is 1. The van der Waals surface area contributed by atoms with Crippen LogP contribution in [0.1, 0.15) is 12.5 Å². The van der Waals surface area contributed by atoms with E-state index in [1.54, 1.807) is 25.4 Å². The van der Waals surface area contributed by atoms with Gasteiger partial charge < -0.3 is 14.6 Å². The number of fused-ring (bicyclic) bond motifs is 1. The van der Waals surface area contributed by atoms with Crippen molar-refractivity contribution in [3.8, 4) is 11.1 Å². The van der Waals surface area contributed by atoms with Gasteiger partial charge in [-0.3, -0.25) is 9.36 Å². The third kappa shape index (κ3) is 4.33. The van der Waals surface area contributed by atoms with Crippen LogP contribution in [0.15, 0.2) is 53.8 Å². The molecule has 0 spiro atoms. The van der Waals surface area contributed by atoms with Crippen molar-refractivity contribution in [2.24, 2.45) is 7.05 Å². The van der Waals surface area contributed by atoms with Crippen molar-refractivity contribution in [3.63, 3.8) is 0 Å². The summed E-state index contributed by atoms with van der Waals surface area (Å²) < 4.78 is 49.2. The smallest absolute Gasteiger partial charge is 0.361 e. The van der Waals surface area contributed by atoms with Gasteiger partial charge in [-0.1, -0.05) is 0 Å². The number of hydrogen-bond acceptors (Lipinski definition) is 6. The second kappa shape index (κ2) is 8.42. The van der Waals surface area contributed by atoms with Crippen LogP contribution in [0.25, 0.3) is 22.3 Å². The third-order valence-corrected chi connectivity index (χ3v) is 4.78. The van der Waals surface area contributed by atoms with Crippen LogP contribution in [0.4, 0.5) is 24.8 Å². The quantitative estimate of drug-likeness (QED) is 0.485. The van der Waals surface area contributed by atoms with Crippen LogP contribution in [-0.2, 0) is 24.7 Å². The Morgan fingerprint density at radius 1 is 1.12 bits per heavy atom. The van der Waals surface area contributed by atoms with Gasteiger partial charge in [0.25, 0.3) is 5.56 Å². The lowest BCUT2D eigenvalue weighted by Gasteiger charge is -2.14. The molecule has 0 bridgehead atoms. The number of alkyl halides is 3. The van der Waals surface area contributed by atoms with E-state index < -0.39 is 17.6 Å². The summed E-state index contributed by atoms with van der Waals surface area (Å²) in [5, 5.41) is 2.65. The fraction of sp³-hybridized carbons (Fsp3) is 0.238. The predicted molar refractivity (Wildman–Crippen MR) is 112 cm³/mol. The van der Waals surface area contributed by atoms with Crippen LogP contribution >= 0.6 is 0 Å². The van der Waals surface area contributed by atoms with Gasteiger partial charge in [0.15, 0.2) is 5.65 Å². The summed E-state index contributed by atoms with van der Waals surface area (Å²) in [5.41, 5.74) is 0.539. The molecule has 4 rings (SSSR count). The summed E-state index contributed by atoms with van der Waals surface area (Å²) in [6.07, 6.45) is -0.155. The topological polar surface area (TPSA) is 86.9 Å². The van der Waals surface area contributed by atoms with E-state index in [0.717, 1.165) is 6.07 Å². The maximum Gasteiger partial charge on any atom is 0.420 e. The Hall–Kier alpha value is -3.73. The van der Waals surface area contributed by atoms with Crippen LogP contribution in [-0.4, -0.2) is 30.7 Å². The van der Waals surface area contributed by atoms with E-state index in [1.165, 1.54) is 33.8 Å². The normalized spacial score (nSPS) is 11.8. The minimum atomic E-state index is -4.64. The number of anilines is 2. The first kappa shape index (κ1) is 21.5. The molecule has 0 aliphatic carbocycles. The van der Waals surface area contributed by atoms with Crippen molar-refractivity contribution in [2.45, 2.75) is 19.8 Å². The fourth-order valence-corrected chi connectivity index (χ4v) is 3.07. The van der Waals surface area contributed by atoms with Crippen molar-refractivity contribution in [3.05, 3.63) is 65.0 Å². The van der Waals surface area contributed by atoms with Crippen molar-refractivity contribution < 1.29 is 17.9 Å². The maximum atomic E-state index is 13.7. The predicted octanol–water partition coefficient (Wildman–Crippen LogP) is 3.95. The summed E-state index contributed by atoms with van der Waals surface area (Å²) in [5.74, 6) is -0.220. The molecule has 0 radical (unpaired) electrons. The molecule has 8 nitrogen and oxygen atoms in total. The molecule has 0 saturated carbocycles. The molecule has 11 heteroatoms. The molecule has 32 heavy (non-hydrogen) atoms. The van der Waals surface area contributed by atoms with Gasteiger partial charge in [-0.05, 0) is 36.8 Å². The second-order valence-corrected chi connectivity index (χ2v) is 6.98. The molecule has 4 aromatic rings. The number of rotatable bonds is 6. The minimum absolute atomic E-state index is 0.108. The lowest BCUT2D eigenvalue weighted by Crippen LogP contribution is -2.14. The second-order valence-electron chi connectivity index (χ2n) is 6.98. The fourth-order valence-electron chi connectivity index (χ4n) is 3.07. The molecule has 0 aliphatic heterocycles. The van der Waals surface area contributed by atoms with Crippen LogP contribution in [0.2, 0.25) is 0 Å². The highest BCUT2D eigenvalue weighted by Crippen LogP contribution is 2.36. The first-order valence-electron chi connectivity index (χ1n) is 9.67. The molecule has 166 valence electrons. The number of aromatic nitrogens is 5. The number of ether oxygens (including phenoxy) is 1. The van der Waals surface area contributed by atoms with Crippen molar-refractivity contribution in [1.29, 1.82) is 0 Å². The molecule has 0 amide bonds. The monoisotopic (exact) mass is 444 g/mol. The molecule has 0 saturated heterocycles. The Labute approximate surface area is 180 Å². The zero-order valence-corrected chi connectivity index (χ0v) is 17.2. The molecular weight excluding hydrogens is 425 g/mol. The number of imidazole rings is 1. The van der Waals surface area contributed by atoms with E-state index >= 15 is 0 Å². The van der Waals surface area contributed by atoms with E-state index in [9.17, 15) is 18.0 Å². The van der Waals surface area contributed by atoms with Gasteiger partial charge in [0, 0.05) is 37.7 Å². The van der Waals surface area contributed by atoms with Gasteiger partial charge in [-0.2, -0.15) is 13.2 Å². The van der Waals surface area contributed by atoms with Crippen LogP contribution in [0, 0.1) is 0 Å². The Balaban J connectivity index is 1.69. The zero-order chi connectivity index (χ0) is 22.9. The number of nitrogens with zero attached hydrogens (tertiary/aromatic N) is 5. The number of pyridine rings is 3. The highest BCUT2D eigenvalue weighted by molar-refractivity contribution is 5.77. The first-order valence-corrected chi connectivity index (χ1v) is 9.67. The highest BCUT2D eigenvalue weighted by atomic mass is 19.4. The lowest BCUT2D eigenvalue weighted by atomic mass is 10.1. The third-order valence-electron chi connectivity index (χ3n) is 4.78. The zero-order valence-electron chi connectivity index (χ0n) is 17.2. The highest BCUT2D eigenvalue weighted by Gasteiger charge is 2.35. The molecule has 0 aromatic carbocycles. The van der Waals surface area contributed by atoms with Gasteiger partial charge in [0.1, 0.15) is 29.4 Å². The summed E-state index contributed by atoms with van der Waals surface area (Å²) in [7, 11) is 1.64. The first-order chi connectivity index (χ1) is 15.3. The summed E-state index contributed by atoms with van der Waals surface area (Å²) in [6.45, 7) is 2.37. The average molecular weight is 444 g/mol. The number of nitrogens with one attached hydrogen (secondary N) is 1. The van der Waals surface area contributed by atoms with Crippen molar-refractivity contribution in [1.82, 2.24) is 24.1 Å². The van der Waals surface area contributed by atoms with Gasteiger partial charge in [0.2, 0.25) is 0 Å². The largest absolute Gasteiger partial charge is 0.420 e. The minimum Gasteiger partial charge on any atom is -0.361 e. The number of halogens is 3. The van der Waals surface area contributed by atoms with Crippen molar-refractivity contribution in [2.75, 3.05) is 11.9 Å². The lowest BCUT2D eigenvalue weighted by molar-refractivity contribution is -0.137. The Kier molecular flexibility index (Phi) is 5.66. The molecule has 0 aliphatic rings. The van der Waals surface area contributed by atoms with Crippen molar-refractivity contribution >= 4 is 22.8 Å².